The zero-order chi connectivity index (χ0) is 15.0. The monoisotopic (exact) mass is 297 g/mol. The van der Waals surface area contributed by atoms with Crippen molar-refractivity contribution in [3.8, 4) is 0 Å². The van der Waals surface area contributed by atoms with Gasteiger partial charge >= 0.3 is 0 Å². The lowest BCUT2D eigenvalue weighted by atomic mass is 9.98. The Kier molecular flexibility index (Phi) is 3.56. The molecule has 3 heteroatoms. The molecule has 3 aromatic rings. The maximum atomic E-state index is 12.8. The van der Waals surface area contributed by atoms with Crippen LogP contribution in [0.4, 0.5) is 0 Å². The Bertz CT molecular complexity index is 832. The van der Waals surface area contributed by atoms with Gasteiger partial charge in [-0.3, -0.25) is 4.79 Å². The van der Waals surface area contributed by atoms with Gasteiger partial charge in [0.25, 0.3) is 0 Å². The number of fused-ring (bicyclic) bond motifs is 1. The minimum absolute atomic E-state index is 0.0312. The first-order chi connectivity index (χ1) is 10.1. The van der Waals surface area contributed by atoms with Crippen LogP contribution in [0.2, 0.25) is 5.02 Å². The van der Waals surface area contributed by atoms with Crippen molar-refractivity contribution in [2.24, 2.45) is 0 Å². The molecule has 1 heterocycles. The molecule has 0 aliphatic heterocycles. The molecule has 1 N–H and O–H groups in total. The van der Waals surface area contributed by atoms with Gasteiger partial charge in [0.05, 0.1) is 0 Å². The summed E-state index contributed by atoms with van der Waals surface area (Å²) in [7, 11) is 0. The number of carbonyl (C=O) groups is 1. The van der Waals surface area contributed by atoms with E-state index in [0.29, 0.717) is 16.1 Å². The number of hydrogen-bond donors (Lipinski definition) is 1. The Labute approximate surface area is 128 Å². The summed E-state index contributed by atoms with van der Waals surface area (Å²) >= 11 is 5.96. The second kappa shape index (κ2) is 5.38. The highest BCUT2D eigenvalue weighted by atomic mass is 35.5. The maximum Gasteiger partial charge on any atom is 0.195 e. The molecule has 0 atom stereocenters. The zero-order valence-corrected chi connectivity index (χ0v) is 12.8. The van der Waals surface area contributed by atoms with E-state index in [1.54, 1.807) is 18.3 Å². The van der Waals surface area contributed by atoms with Crippen molar-refractivity contribution in [3.05, 3.63) is 69.9 Å². The number of aromatic amines is 1. The average Bonchev–Trinajstić information content (AvgIpc) is 2.90. The number of aromatic nitrogens is 1. The van der Waals surface area contributed by atoms with Crippen LogP contribution in [0.25, 0.3) is 10.9 Å². The van der Waals surface area contributed by atoms with Crippen LogP contribution in [0.5, 0.6) is 0 Å². The van der Waals surface area contributed by atoms with Crippen molar-refractivity contribution < 1.29 is 4.79 Å². The molecule has 0 unspecified atom stereocenters. The van der Waals surface area contributed by atoms with Crippen molar-refractivity contribution >= 4 is 28.3 Å². The number of hydrogen-bond acceptors (Lipinski definition) is 1. The van der Waals surface area contributed by atoms with Gasteiger partial charge in [-0.05, 0) is 42.7 Å². The smallest absolute Gasteiger partial charge is 0.195 e. The topological polar surface area (TPSA) is 32.9 Å². The van der Waals surface area contributed by atoms with Crippen molar-refractivity contribution in [3.63, 3.8) is 0 Å². The first kappa shape index (κ1) is 13.9. The summed E-state index contributed by atoms with van der Waals surface area (Å²) in [5.41, 5.74) is 4.58. The molecule has 106 valence electrons. The van der Waals surface area contributed by atoms with E-state index < -0.39 is 0 Å². The molecule has 0 saturated heterocycles. The molecule has 0 fully saturated rings. The fourth-order valence-corrected chi connectivity index (χ4v) is 2.95. The summed E-state index contributed by atoms with van der Waals surface area (Å²) in [6.45, 7) is 4.02. The van der Waals surface area contributed by atoms with Crippen LogP contribution in [0, 0.1) is 6.92 Å². The van der Waals surface area contributed by atoms with Crippen molar-refractivity contribution in [2.75, 3.05) is 0 Å². The molecule has 0 saturated carbocycles. The molecule has 0 radical (unpaired) electrons. The number of aryl methyl sites for hydroxylation is 2. The number of rotatable bonds is 3. The van der Waals surface area contributed by atoms with Gasteiger partial charge in [0.15, 0.2) is 5.78 Å². The minimum atomic E-state index is 0.0312. The third-order valence-corrected chi connectivity index (χ3v) is 4.10. The van der Waals surface area contributed by atoms with Gasteiger partial charge in [0.2, 0.25) is 0 Å². The lowest BCUT2D eigenvalue weighted by Gasteiger charge is -2.05. The largest absolute Gasteiger partial charge is 0.360 e. The molecular formula is C18H16ClNO. The van der Waals surface area contributed by atoms with Gasteiger partial charge in [-0.1, -0.05) is 36.7 Å². The highest BCUT2D eigenvalue weighted by Gasteiger charge is 2.17. The summed E-state index contributed by atoms with van der Waals surface area (Å²) in [5.74, 6) is 0.0312. The van der Waals surface area contributed by atoms with E-state index in [1.807, 2.05) is 25.1 Å². The summed E-state index contributed by atoms with van der Waals surface area (Å²) < 4.78 is 0. The number of nitrogens with one attached hydrogen (secondary N) is 1. The fraction of sp³-hybridized carbons (Fsp3) is 0.167. The Morgan fingerprint density at radius 1 is 1.19 bits per heavy atom. The lowest BCUT2D eigenvalue weighted by Crippen LogP contribution is -2.02. The maximum absolute atomic E-state index is 12.8. The van der Waals surface area contributed by atoms with Gasteiger partial charge < -0.3 is 4.98 Å². The third-order valence-electron chi connectivity index (χ3n) is 3.86. The van der Waals surface area contributed by atoms with E-state index >= 15 is 0 Å². The standard InChI is InChI=1S/C18H16ClNO/c1-3-12-5-4-6-15-16(10-20-17(12)15)18(21)14-8-7-13(19)9-11(14)2/h4-10,20H,3H2,1-2H3. The minimum Gasteiger partial charge on any atom is -0.360 e. The van der Waals surface area contributed by atoms with E-state index in [1.165, 1.54) is 5.56 Å². The molecule has 0 amide bonds. The van der Waals surface area contributed by atoms with E-state index in [9.17, 15) is 4.79 Å². The zero-order valence-electron chi connectivity index (χ0n) is 12.0. The number of H-pyrrole nitrogens is 1. The summed E-state index contributed by atoms with van der Waals surface area (Å²) in [4.78, 5) is 16.0. The molecular weight excluding hydrogens is 282 g/mol. The van der Waals surface area contributed by atoms with Crippen molar-refractivity contribution in [1.29, 1.82) is 0 Å². The molecule has 0 bridgehead atoms. The number of halogens is 1. The SMILES string of the molecule is CCc1cccc2c(C(=O)c3ccc(Cl)cc3C)c[nH]c12. The van der Waals surface area contributed by atoms with Crippen LogP contribution in [-0.4, -0.2) is 10.8 Å². The molecule has 2 nitrogen and oxygen atoms in total. The third kappa shape index (κ3) is 2.36. The predicted molar refractivity (Wildman–Crippen MR) is 87.3 cm³/mol. The van der Waals surface area contributed by atoms with E-state index in [4.69, 9.17) is 11.6 Å². The average molecular weight is 298 g/mol. The normalized spacial score (nSPS) is 11.0. The van der Waals surface area contributed by atoms with E-state index in [-0.39, 0.29) is 5.78 Å². The van der Waals surface area contributed by atoms with Crippen LogP contribution < -0.4 is 0 Å². The van der Waals surface area contributed by atoms with Crippen LogP contribution in [0.15, 0.2) is 42.6 Å². The van der Waals surface area contributed by atoms with Crippen LogP contribution >= 0.6 is 11.6 Å². The fourth-order valence-electron chi connectivity index (χ4n) is 2.73. The Morgan fingerprint density at radius 2 is 2.00 bits per heavy atom. The molecule has 2 aromatic carbocycles. The summed E-state index contributed by atoms with van der Waals surface area (Å²) in [6, 6.07) is 11.4. The highest BCUT2D eigenvalue weighted by molar-refractivity contribution is 6.31. The Hall–Kier alpha value is -2.06. The molecule has 0 aliphatic rings. The molecule has 0 aliphatic carbocycles. The molecule has 21 heavy (non-hydrogen) atoms. The molecule has 0 spiro atoms. The lowest BCUT2D eigenvalue weighted by molar-refractivity contribution is 0.104. The molecule has 1 aromatic heterocycles. The summed E-state index contributed by atoms with van der Waals surface area (Å²) in [5, 5.41) is 1.63. The second-order valence-corrected chi connectivity index (χ2v) is 5.62. The second-order valence-electron chi connectivity index (χ2n) is 5.18. The van der Waals surface area contributed by atoms with Gasteiger partial charge in [-0.15, -0.1) is 0 Å². The van der Waals surface area contributed by atoms with Crippen molar-refractivity contribution in [2.45, 2.75) is 20.3 Å². The summed E-state index contributed by atoms with van der Waals surface area (Å²) in [6.07, 6.45) is 2.74. The molecule has 3 rings (SSSR count). The van der Waals surface area contributed by atoms with E-state index in [0.717, 1.165) is 22.9 Å². The Morgan fingerprint density at radius 3 is 2.71 bits per heavy atom. The van der Waals surface area contributed by atoms with Crippen LogP contribution in [0.1, 0.15) is 34.0 Å². The van der Waals surface area contributed by atoms with Crippen molar-refractivity contribution in [1.82, 2.24) is 4.98 Å². The van der Waals surface area contributed by atoms with Crippen LogP contribution in [0.3, 0.4) is 0 Å². The van der Waals surface area contributed by atoms with E-state index in [2.05, 4.69) is 18.0 Å². The highest BCUT2D eigenvalue weighted by Crippen LogP contribution is 2.26. The number of carbonyl (C=O) groups excluding carboxylic acids is 1. The number of para-hydroxylation sites is 1. The number of benzene rings is 2. The van der Waals surface area contributed by atoms with Crippen LogP contribution in [-0.2, 0) is 6.42 Å². The number of ketones is 1. The predicted octanol–water partition coefficient (Wildman–Crippen LogP) is 4.92. The van der Waals surface area contributed by atoms with Gasteiger partial charge in [0.1, 0.15) is 0 Å². The van der Waals surface area contributed by atoms with Gasteiger partial charge in [-0.25, -0.2) is 0 Å². The van der Waals surface area contributed by atoms with Gasteiger partial charge in [-0.2, -0.15) is 0 Å². The first-order valence-electron chi connectivity index (χ1n) is 7.01. The van der Waals surface area contributed by atoms with Gasteiger partial charge in [0, 0.05) is 33.2 Å². The Balaban J connectivity index is 2.14. The quantitative estimate of drug-likeness (QED) is 0.684. The first-order valence-corrected chi connectivity index (χ1v) is 7.39.